The lowest BCUT2D eigenvalue weighted by Crippen LogP contribution is -2.40. The number of aliphatic hydroxyl groups excluding tert-OH is 1. The molecule has 1 saturated heterocycles. The van der Waals surface area contributed by atoms with E-state index >= 15 is 0 Å². The van der Waals surface area contributed by atoms with Gasteiger partial charge in [0.05, 0.1) is 27.9 Å². The zero-order chi connectivity index (χ0) is 28.1. The number of benzene rings is 2. The fourth-order valence-electron chi connectivity index (χ4n) is 5.06. The fourth-order valence-corrected chi connectivity index (χ4v) is 6.90. The summed E-state index contributed by atoms with van der Waals surface area (Å²) in [6.45, 7) is 4.57. The molecular formula is C28H27Cl2N3O5S. The van der Waals surface area contributed by atoms with Crippen molar-refractivity contribution in [2.45, 2.75) is 43.4 Å². The maximum Gasteiger partial charge on any atom is 0.256 e. The first-order chi connectivity index (χ1) is 18.4. The van der Waals surface area contributed by atoms with Gasteiger partial charge in [-0.15, -0.1) is 0 Å². The lowest BCUT2D eigenvalue weighted by atomic mass is 10.0. The Bertz CT molecular complexity index is 1640. The van der Waals surface area contributed by atoms with Gasteiger partial charge in [0.1, 0.15) is 0 Å². The zero-order valence-electron chi connectivity index (χ0n) is 21.3. The molecule has 5 rings (SSSR count). The van der Waals surface area contributed by atoms with Crippen LogP contribution in [0.1, 0.15) is 51.3 Å². The molecule has 8 nitrogen and oxygen atoms in total. The number of aryl methyl sites for hydroxylation is 1. The summed E-state index contributed by atoms with van der Waals surface area (Å²) >= 11 is 12.2. The Hall–Kier alpha value is -3.11. The topological polar surface area (TPSA) is 120 Å². The second-order valence-electron chi connectivity index (χ2n) is 9.90. The number of amides is 2. The van der Waals surface area contributed by atoms with Gasteiger partial charge < -0.3 is 20.3 Å². The highest BCUT2D eigenvalue weighted by Gasteiger charge is 2.30. The number of rotatable bonds is 5. The highest BCUT2D eigenvalue weighted by Crippen LogP contribution is 2.37. The van der Waals surface area contributed by atoms with E-state index in [4.69, 9.17) is 23.2 Å². The number of nitrogens with one attached hydrogen (secondary N) is 2. The number of halogens is 2. The lowest BCUT2D eigenvalue weighted by molar-refractivity contribution is -0.110. The number of H-pyrrole nitrogens is 1. The van der Waals surface area contributed by atoms with Crippen molar-refractivity contribution in [2.75, 3.05) is 18.4 Å². The monoisotopic (exact) mass is 587 g/mol. The SMILES string of the molecule is Cc1[nH]c(C=C2C(=O)Nc3ccc(S(=O)(=O)Cc4cc(Cl)ccc4Cl)cc32)c(C)c1C(=O)N1CCC(O)CC1. The molecule has 3 N–H and O–H groups in total. The number of hydrogen-bond acceptors (Lipinski definition) is 5. The summed E-state index contributed by atoms with van der Waals surface area (Å²) in [6.07, 6.45) is 2.33. The predicted octanol–water partition coefficient (Wildman–Crippen LogP) is 5.00. The Morgan fingerprint density at radius 1 is 1.13 bits per heavy atom. The molecule has 204 valence electrons. The Morgan fingerprint density at radius 3 is 2.56 bits per heavy atom. The highest BCUT2D eigenvalue weighted by atomic mass is 35.5. The van der Waals surface area contributed by atoms with Crippen molar-refractivity contribution >= 4 is 62.2 Å². The molecule has 0 radical (unpaired) electrons. The predicted molar refractivity (Wildman–Crippen MR) is 152 cm³/mol. The molecule has 2 aliphatic heterocycles. The van der Waals surface area contributed by atoms with E-state index in [-0.39, 0.29) is 34.1 Å². The molecule has 3 aromatic rings. The van der Waals surface area contributed by atoms with Gasteiger partial charge in [0.25, 0.3) is 11.8 Å². The van der Waals surface area contributed by atoms with Crippen molar-refractivity contribution in [2.24, 2.45) is 0 Å². The van der Waals surface area contributed by atoms with Gasteiger partial charge in [-0.1, -0.05) is 23.2 Å². The van der Waals surface area contributed by atoms with Crippen molar-refractivity contribution in [1.82, 2.24) is 9.88 Å². The fraction of sp³-hybridized carbons (Fsp3) is 0.286. The largest absolute Gasteiger partial charge is 0.393 e. The minimum Gasteiger partial charge on any atom is -0.393 e. The first kappa shape index (κ1) is 27.5. The summed E-state index contributed by atoms with van der Waals surface area (Å²) in [4.78, 5) is 31.1. The average Bonchev–Trinajstić information content (AvgIpc) is 3.35. The summed E-state index contributed by atoms with van der Waals surface area (Å²) < 4.78 is 26.5. The number of fused-ring (bicyclic) bond motifs is 1. The van der Waals surface area contributed by atoms with Gasteiger partial charge in [-0.05, 0) is 80.3 Å². The standard InChI is InChI=1S/C28H27Cl2N3O5S/c1-15-25(31-16(2)26(15)28(36)33-9-7-19(34)8-10-33)13-22-21-12-20(4-6-24(21)32-27(22)35)39(37,38)14-17-11-18(29)3-5-23(17)30/h3-6,11-13,19,31,34H,7-10,14H2,1-2H3,(H,32,35). The number of anilines is 1. The molecule has 0 saturated carbocycles. The minimum atomic E-state index is -3.81. The number of piperidine rings is 1. The van der Waals surface area contributed by atoms with E-state index in [1.807, 2.05) is 6.92 Å². The molecule has 0 atom stereocenters. The molecule has 2 aromatic carbocycles. The summed E-state index contributed by atoms with van der Waals surface area (Å²) in [5.41, 5.74) is 4.09. The first-order valence-electron chi connectivity index (χ1n) is 12.5. The Kier molecular flexibility index (Phi) is 7.37. The van der Waals surface area contributed by atoms with Gasteiger partial charge in [-0.2, -0.15) is 0 Å². The molecule has 0 aliphatic carbocycles. The van der Waals surface area contributed by atoms with Gasteiger partial charge in [0.2, 0.25) is 0 Å². The smallest absolute Gasteiger partial charge is 0.256 e. The first-order valence-corrected chi connectivity index (χ1v) is 14.9. The van der Waals surface area contributed by atoms with Crippen molar-refractivity contribution in [3.8, 4) is 0 Å². The van der Waals surface area contributed by atoms with E-state index in [1.165, 1.54) is 18.2 Å². The number of sulfone groups is 1. The van der Waals surface area contributed by atoms with E-state index in [9.17, 15) is 23.1 Å². The molecule has 1 fully saturated rings. The Morgan fingerprint density at radius 2 is 1.85 bits per heavy atom. The van der Waals surface area contributed by atoms with Crippen LogP contribution in [0.15, 0.2) is 41.3 Å². The molecule has 2 aliphatic rings. The quantitative estimate of drug-likeness (QED) is 0.363. The number of aliphatic hydroxyl groups is 1. The van der Waals surface area contributed by atoms with E-state index in [2.05, 4.69) is 10.3 Å². The molecule has 39 heavy (non-hydrogen) atoms. The van der Waals surface area contributed by atoms with Gasteiger partial charge >= 0.3 is 0 Å². The second-order valence-corrected chi connectivity index (χ2v) is 12.7. The zero-order valence-corrected chi connectivity index (χ0v) is 23.7. The van der Waals surface area contributed by atoms with E-state index in [0.29, 0.717) is 75.3 Å². The molecule has 2 amide bonds. The van der Waals surface area contributed by atoms with Crippen LogP contribution in [-0.2, 0) is 20.4 Å². The van der Waals surface area contributed by atoms with Crippen LogP contribution in [0.2, 0.25) is 10.0 Å². The minimum absolute atomic E-state index is 0.0437. The maximum atomic E-state index is 13.3. The van der Waals surface area contributed by atoms with Crippen molar-refractivity contribution < 1.29 is 23.1 Å². The molecule has 11 heteroatoms. The number of hydrogen-bond donors (Lipinski definition) is 3. The van der Waals surface area contributed by atoms with Gasteiger partial charge in [-0.3, -0.25) is 9.59 Å². The highest BCUT2D eigenvalue weighted by molar-refractivity contribution is 7.90. The molecule has 0 spiro atoms. The number of likely N-dealkylation sites (tertiary alicyclic amines) is 1. The summed E-state index contributed by atoms with van der Waals surface area (Å²) in [6, 6.07) is 9.15. The number of aromatic amines is 1. The lowest BCUT2D eigenvalue weighted by Gasteiger charge is -2.29. The van der Waals surface area contributed by atoms with Crippen LogP contribution in [-0.4, -0.2) is 54.4 Å². The van der Waals surface area contributed by atoms with Crippen molar-refractivity contribution in [3.05, 3.63) is 80.1 Å². The molecule has 3 heterocycles. The number of aromatic nitrogens is 1. The maximum absolute atomic E-state index is 13.3. The van der Waals surface area contributed by atoms with E-state index in [1.54, 1.807) is 36.1 Å². The normalized spacial score (nSPS) is 17.0. The van der Waals surface area contributed by atoms with Crippen LogP contribution >= 0.6 is 23.2 Å². The summed E-state index contributed by atoms with van der Waals surface area (Å²) in [5, 5.41) is 13.2. The Labute approximate surface area is 236 Å². The third kappa shape index (κ3) is 5.36. The van der Waals surface area contributed by atoms with Crippen molar-refractivity contribution in [1.29, 1.82) is 0 Å². The third-order valence-electron chi connectivity index (χ3n) is 7.22. The summed E-state index contributed by atoms with van der Waals surface area (Å²) in [5.74, 6) is -0.844. The second kappa shape index (κ2) is 10.5. The Balaban J connectivity index is 1.48. The van der Waals surface area contributed by atoms with Crippen LogP contribution in [0.4, 0.5) is 5.69 Å². The molecule has 0 unspecified atom stereocenters. The molecule has 0 bridgehead atoms. The van der Waals surface area contributed by atoms with Crippen LogP contribution < -0.4 is 5.32 Å². The van der Waals surface area contributed by atoms with Crippen molar-refractivity contribution in [3.63, 3.8) is 0 Å². The van der Waals surface area contributed by atoms with E-state index < -0.39 is 9.84 Å². The van der Waals surface area contributed by atoms with E-state index in [0.717, 1.165) is 0 Å². The van der Waals surface area contributed by atoms with Crippen LogP contribution in [0.5, 0.6) is 0 Å². The third-order valence-corrected chi connectivity index (χ3v) is 9.48. The molecule has 1 aromatic heterocycles. The number of nitrogens with zero attached hydrogens (tertiary/aromatic N) is 1. The summed E-state index contributed by atoms with van der Waals surface area (Å²) in [7, 11) is -3.81. The number of carbonyl (C=O) groups is 2. The van der Waals surface area contributed by atoms with Crippen LogP contribution in [0.25, 0.3) is 11.6 Å². The van der Waals surface area contributed by atoms with Gasteiger partial charge in [0.15, 0.2) is 9.84 Å². The number of carbonyl (C=O) groups excluding carboxylic acids is 2. The molecular weight excluding hydrogens is 561 g/mol. The van der Waals surface area contributed by atoms with Crippen LogP contribution in [0.3, 0.4) is 0 Å². The van der Waals surface area contributed by atoms with Gasteiger partial charge in [-0.25, -0.2) is 8.42 Å². The average molecular weight is 589 g/mol. The van der Waals surface area contributed by atoms with Gasteiger partial charge in [0, 0.05) is 45.8 Å². The van der Waals surface area contributed by atoms with Crippen LogP contribution in [0, 0.1) is 13.8 Å².